The van der Waals surface area contributed by atoms with E-state index in [0.717, 1.165) is 17.2 Å². The van der Waals surface area contributed by atoms with Crippen LogP contribution < -0.4 is 5.32 Å². The maximum Gasteiger partial charge on any atom is 0.335 e. The number of aliphatic hydroxyl groups excluding tert-OH is 1. The Balaban J connectivity index is 1.59. The number of aliphatic hydroxyl groups is 1. The number of benzene rings is 3. The summed E-state index contributed by atoms with van der Waals surface area (Å²) in [6.07, 6.45) is -0.508. The van der Waals surface area contributed by atoms with E-state index in [0.29, 0.717) is 28.6 Å². The first-order valence-electron chi connectivity index (χ1n) is 11.6. The van der Waals surface area contributed by atoms with Crippen molar-refractivity contribution in [3.8, 4) is 11.1 Å². The Labute approximate surface area is 220 Å². The fourth-order valence-electron chi connectivity index (χ4n) is 3.98. The summed E-state index contributed by atoms with van der Waals surface area (Å²) in [5.41, 5.74) is 2.24. The molecule has 0 aliphatic heterocycles. The fourth-order valence-corrected chi connectivity index (χ4v) is 4.30. The number of carboxylic acid groups (broad SMARTS) is 1. The van der Waals surface area contributed by atoms with E-state index in [2.05, 4.69) is 5.32 Å². The Hall–Kier alpha value is -2.48. The third-order valence-electron chi connectivity index (χ3n) is 5.89. The molecule has 0 aromatic heterocycles. The number of carbonyl (C=O) groups is 1. The molecule has 36 heavy (non-hydrogen) atoms. The van der Waals surface area contributed by atoms with Crippen LogP contribution in [0.1, 0.15) is 48.4 Å². The normalized spacial score (nSPS) is 13.4. The second kappa shape index (κ2) is 12.2. The number of halogens is 3. The van der Waals surface area contributed by atoms with Gasteiger partial charge in [-0.05, 0) is 68.1 Å². The summed E-state index contributed by atoms with van der Waals surface area (Å²) in [5.74, 6) is -1.81. The van der Waals surface area contributed by atoms with Crippen LogP contribution in [0.15, 0.2) is 60.7 Å². The standard InChI is InChI=1S/C28H30Cl2FNO4/c1-17(21-6-4-5-7-22(21)23-10-9-19(27(34)35)13-26(23)31)36-16-20(33)15-32-28(2,3)14-18-8-11-24(29)25(30)12-18/h4-13,17,20,32-33H,14-16H2,1-3H3,(H,34,35)/t17?,20-/m1/s1. The van der Waals surface area contributed by atoms with Crippen LogP contribution in [0.4, 0.5) is 4.39 Å². The van der Waals surface area contributed by atoms with E-state index in [9.17, 15) is 14.3 Å². The summed E-state index contributed by atoms with van der Waals surface area (Å²) in [6, 6.07) is 16.6. The van der Waals surface area contributed by atoms with Gasteiger partial charge in [0, 0.05) is 17.6 Å². The molecule has 0 spiro atoms. The average Bonchev–Trinajstić information content (AvgIpc) is 2.83. The molecule has 0 fully saturated rings. The van der Waals surface area contributed by atoms with Gasteiger partial charge in [0.15, 0.2) is 0 Å². The molecule has 0 saturated carbocycles. The minimum Gasteiger partial charge on any atom is -0.478 e. The van der Waals surface area contributed by atoms with Crippen LogP contribution in [0, 0.1) is 5.82 Å². The molecule has 3 aromatic rings. The predicted molar refractivity (Wildman–Crippen MR) is 141 cm³/mol. The van der Waals surface area contributed by atoms with Crippen molar-refractivity contribution in [1.29, 1.82) is 0 Å². The average molecular weight is 534 g/mol. The van der Waals surface area contributed by atoms with Crippen molar-refractivity contribution in [3.63, 3.8) is 0 Å². The molecule has 0 heterocycles. The van der Waals surface area contributed by atoms with Crippen LogP contribution in [0.2, 0.25) is 10.0 Å². The minimum absolute atomic E-state index is 0.0752. The number of hydrogen-bond acceptors (Lipinski definition) is 4. The monoisotopic (exact) mass is 533 g/mol. The highest BCUT2D eigenvalue weighted by molar-refractivity contribution is 6.42. The Morgan fingerprint density at radius 2 is 1.78 bits per heavy atom. The van der Waals surface area contributed by atoms with Gasteiger partial charge in [-0.1, -0.05) is 59.6 Å². The van der Waals surface area contributed by atoms with E-state index in [1.807, 2.05) is 45.0 Å². The molecule has 3 aromatic carbocycles. The number of ether oxygens (including phenoxy) is 1. The molecule has 192 valence electrons. The van der Waals surface area contributed by atoms with Gasteiger partial charge in [-0.3, -0.25) is 0 Å². The van der Waals surface area contributed by atoms with Gasteiger partial charge in [-0.15, -0.1) is 0 Å². The quantitative estimate of drug-likeness (QED) is 0.260. The lowest BCUT2D eigenvalue weighted by Crippen LogP contribution is -2.46. The van der Waals surface area contributed by atoms with Crippen molar-refractivity contribution >= 4 is 29.2 Å². The molecule has 5 nitrogen and oxygen atoms in total. The summed E-state index contributed by atoms with van der Waals surface area (Å²) in [7, 11) is 0. The van der Waals surface area contributed by atoms with Crippen LogP contribution in [0.3, 0.4) is 0 Å². The van der Waals surface area contributed by atoms with Gasteiger partial charge in [0.25, 0.3) is 0 Å². The van der Waals surface area contributed by atoms with Crippen molar-refractivity contribution in [3.05, 3.63) is 93.2 Å². The van der Waals surface area contributed by atoms with Gasteiger partial charge < -0.3 is 20.3 Å². The Morgan fingerprint density at radius 3 is 2.44 bits per heavy atom. The van der Waals surface area contributed by atoms with Gasteiger partial charge in [-0.2, -0.15) is 0 Å². The van der Waals surface area contributed by atoms with Crippen LogP contribution in [0.5, 0.6) is 0 Å². The molecule has 0 amide bonds. The van der Waals surface area contributed by atoms with E-state index in [1.54, 1.807) is 18.2 Å². The highest BCUT2D eigenvalue weighted by Gasteiger charge is 2.21. The summed E-state index contributed by atoms with van der Waals surface area (Å²) >= 11 is 12.1. The zero-order valence-corrected chi connectivity index (χ0v) is 21.9. The number of rotatable bonds is 11. The molecule has 2 atom stereocenters. The van der Waals surface area contributed by atoms with Crippen LogP contribution in [-0.4, -0.2) is 41.0 Å². The summed E-state index contributed by atoms with van der Waals surface area (Å²) < 4.78 is 20.6. The van der Waals surface area contributed by atoms with Gasteiger partial charge >= 0.3 is 5.97 Å². The maximum absolute atomic E-state index is 14.7. The highest BCUT2D eigenvalue weighted by Crippen LogP contribution is 2.32. The van der Waals surface area contributed by atoms with E-state index >= 15 is 0 Å². The first kappa shape index (κ1) is 28.1. The molecular formula is C28H30Cl2FNO4. The molecule has 8 heteroatoms. The van der Waals surface area contributed by atoms with Gasteiger partial charge in [0.2, 0.25) is 0 Å². The number of hydrogen-bond donors (Lipinski definition) is 3. The topological polar surface area (TPSA) is 78.8 Å². The lowest BCUT2D eigenvalue weighted by atomic mass is 9.94. The third kappa shape index (κ3) is 7.51. The van der Waals surface area contributed by atoms with E-state index in [1.165, 1.54) is 12.1 Å². The predicted octanol–water partition coefficient (Wildman–Crippen LogP) is 6.55. The van der Waals surface area contributed by atoms with Crippen LogP contribution >= 0.6 is 23.2 Å². The summed E-state index contributed by atoms with van der Waals surface area (Å²) in [5, 5.41) is 24.0. The second-order valence-corrected chi connectivity index (χ2v) is 10.2. The fraction of sp³-hybridized carbons (Fsp3) is 0.321. The molecule has 0 aliphatic carbocycles. The minimum atomic E-state index is -1.19. The molecule has 0 saturated heterocycles. The largest absolute Gasteiger partial charge is 0.478 e. The number of β-amino-alcohol motifs (C(OH)–C–C–N with tert-alkyl or cyclic N) is 1. The zero-order valence-electron chi connectivity index (χ0n) is 20.4. The maximum atomic E-state index is 14.7. The first-order chi connectivity index (χ1) is 17.0. The van der Waals surface area contributed by atoms with Gasteiger partial charge in [-0.25, -0.2) is 9.18 Å². The molecule has 1 unspecified atom stereocenters. The van der Waals surface area contributed by atoms with E-state index < -0.39 is 24.0 Å². The van der Waals surface area contributed by atoms with Crippen molar-refractivity contribution in [2.24, 2.45) is 0 Å². The summed E-state index contributed by atoms with van der Waals surface area (Å²) in [4.78, 5) is 11.1. The SMILES string of the molecule is CC(OC[C@H](O)CNC(C)(C)Cc1ccc(Cl)c(Cl)c1)c1ccccc1-c1ccc(C(=O)O)cc1F. The lowest BCUT2D eigenvalue weighted by Gasteiger charge is -2.28. The molecular weight excluding hydrogens is 504 g/mol. The van der Waals surface area contributed by atoms with E-state index in [4.69, 9.17) is 33.0 Å². The van der Waals surface area contributed by atoms with Crippen LogP contribution in [0.25, 0.3) is 11.1 Å². The van der Waals surface area contributed by atoms with Crippen LogP contribution in [-0.2, 0) is 11.2 Å². The highest BCUT2D eigenvalue weighted by atomic mass is 35.5. The number of aromatic carboxylic acids is 1. The number of nitrogens with one attached hydrogen (secondary N) is 1. The molecule has 0 radical (unpaired) electrons. The van der Waals surface area contributed by atoms with Crippen molar-refractivity contribution in [1.82, 2.24) is 5.32 Å². The van der Waals surface area contributed by atoms with Crippen molar-refractivity contribution < 1.29 is 24.1 Å². The lowest BCUT2D eigenvalue weighted by molar-refractivity contribution is -0.00397. The van der Waals surface area contributed by atoms with Crippen molar-refractivity contribution in [2.45, 2.75) is 44.9 Å². The molecule has 3 rings (SSSR count). The summed E-state index contributed by atoms with van der Waals surface area (Å²) in [6.45, 7) is 6.29. The molecule has 0 aliphatic rings. The first-order valence-corrected chi connectivity index (χ1v) is 12.3. The van der Waals surface area contributed by atoms with Crippen molar-refractivity contribution in [2.75, 3.05) is 13.2 Å². The van der Waals surface area contributed by atoms with Gasteiger partial charge in [0.05, 0.1) is 34.4 Å². The second-order valence-electron chi connectivity index (χ2n) is 9.41. The Morgan fingerprint density at radius 1 is 1.06 bits per heavy atom. The molecule has 3 N–H and O–H groups in total. The zero-order chi connectivity index (χ0) is 26.5. The smallest absolute Gasteiger partial charge is 0.335 e. The Bertz CT molecular complexity index is 1220. The number of carboxylic acids is 1. The van der Waals surface area contributed by atoms with E-state index in [-0.39, 0.29) is 23.3 Å². The third-order valence-corrected chi connectivity index (χ3v) is 6.63. The molecule has 0 bridgehead atoms. The Kier molecular flexibility index (Phi) is 9.50. The van der Waals surface area contributed by atoms with Gasteiger partial charge in [0.1, 0.15) is 5.82 Å².